The van der Waals surface area contributed by atoms with Gasteiger partial charge < -0.3 is 14.6 Å². The second kappa shape index (κ2) is 7.59. The van der Waals surface area contributed by atoms with Crippen LogP contribution in [0, 0.1) is 17.6 Å². The van der Waals surface area contributed by atoms with Crippen LogP contribution < -0.4 is 9.47 Å². The maximum Gasteiger partial charge on any atom is 0.306 e. The lowest BCUT2D eigenvalue weighted by Crippen LogP contribution is -2.24. The van der Waals surface area contributed by atoms with Crippen LogP contribution in [0.25, 0.3) is 0 Å². The van der Waals surface area contributed by atoms with Crippen LogP contribution in [0.15, 0.2) is 24.3 Å². The van der Waals surface area contributed by atoms with Gasteiger partial charge in [-0.25, -0.2) is 8.78 Å². The molecule has 1 heterocycles. The molecular formula is C21H21ClF2O4. The fourth-order valence-electron chi connectivity index (χ4n) is 3.30. The van der Waals surface area contributed by atoms with E-state index in [9.17, 15) is 13.6 Å². The van der Waals surface area contributed by atoms with Crippen LogP contribution in [0.4, 0.5) is 8.78 Å². The molecule has 0 bridgehead atoms. The van der Waals surface area contributed by atoms with Crippen LogP contribution in [0.2, 0.25) is 5.02 Å². The zero-order valence-electron chi connectivity index (χ0n) is 15.8. The number of halogens is 3. The Morgan fingerprint density at radius 3 is 2.57 bits per heavy atom. The first-order valence-corrected chi connectivity index (χ1v) is 9.28. The molecule has 0 saturated carbocycles. The Kier molecular flexibility index (Phi) is 5.53. The minimum Gasteiger partial charge on any atom is -0.487 e. The number of hydrogen-bond donors (Lipinski definition) is 1. The molecule has 1 unspecified atom stereocenters. The van der Waals surface area contributed by atoms with E-state index in [1.165, 1.54) is 6.92 Å². The largest absolute Gasteiger partial charge is 0.487 e. The number of hydrogen-bond acceptors (Lipinski definition) is 3. The van der Waals surface area contributed by atoms with E-state index in [1.54, 1.807) is 12.1 Å². The Balaban J connectivity index is 1.81. The zero-order chi connectivity index (χ0) is 20.6. The van der Waals surface area contributed by atoms with E-state index in [1.807, 2.05) is 13.8 Å². The minimum atomic E-state index is -1.03. The first-order valence-electron chi connectivity index (χ1n) is 8.90. The summed E-state index contributed by atoms with van der Waals surface area (Å²) in [6.45, 7) is 5.26. The third-order valence-corrected chi connectivity index (χ3v) is 5.06. The van der Waals surface area contributed by atoms with Gasteiger partial charge in [-0.1, -0.05) is 18.5 Å². The molecule has 0 radical (unpaired) electrons. The fraction of sp³-hybridized carbons (Fsp3) is 0.381. The third kappa shape index (κ3) is 4.22. The fourth-order valence-corrected chi connectivity index (χ4v) is 3.53. The van der Waals surface area contributed by atoms with Crippen LogP contribution >= 0.6 is 11.6 Å². The van der Waals surface area contributed by atoms with Gasteiger partial charge in [0.05, 0.1) is 5.92 Å². The molecule has 0 fully saturated rings. The van der Waals surface area contributed by atoms with Gasteiger partial charge in [-0.3, -0.25) is 4.79 Å². The van der Waals surface area contributed by atoms with Gasteiger partial charge in [0.1, 0.15) is 18.0 Å². The maximum atomic E-state index is 14.4. The second-order valence-corrected chi connectivity index (χ2v) is 8.07. The molecule has 28 heavy (non-hydrogen) atoms. The Morgan fingerprint density at radius 2 is 1.96 bits per heavy atom. The van der Waals surface area contributed by atoms with Crippen molar-refractivity contribution in [1.29, 1.82) is 0 Å². The first-order chi connectivity index (χ1) is 13.1. The molecule has 3 rings (SSSR count). The van der Waals surface area contributed by atoms with Gasteiger partial charge >= 0.3 is 5.97 Å². The highest BCUT2D eigenvalue weighted by Gasteiger charge is 2.33. The van der Waals surface area contributed by atoms with Crippen molar-refractivity contribution < 1.29 is 28.2 Å². The van der Waals surface area contributed by atoms with Crippen molar-refractivity contribution in [1.82, 2.24) is 0 Å². The van der Waals surface area contributed by atoms with Crippen LogP contribution in [-0.4, -0.2) is 16.7 Å². The molecule has 7 heteroatoms. The van der Waals surface area contributed by atoms with Crippen molar-refractivity contribution in [2.45, 2.75) is 45.8 Å². The van der Waals surface area contributed by atoms with Crippen molar-refractivity contribution in [2.75, 3.05) is 0 Å². The second-order valence-electron chi connectivity index (χ2n) is 7.66. The predicted molar refractivity (Wildman–Crippen MR) is 101 cm³/mol. The van der Waals surface area contributed by atoms with Crippen LogP contribution in [-0.2, 0) is 24.2 Å². The average molecular weight is 411 g/mol. The molecular weight excluding hydrogens is 390 g/mol. The summed E-state index contributed by atoms with van der Waals surface area (Å²) < 4.78 is 40.1. The summed E-state index contributed by atoms with van der Waals surface area (Å²) in [6.07, 6.45) is 0.631. The summed E-state index contributed by atoms with van der Waals surface area (Å²) in [5, 5.41) is 9.39. The molecule has 2 aromatic rings. The molecule has 1 aliphatic heterocycles. The normalized spacial score (nSPS) is 15.6. The monoisotopic (exact) mass is 410 g/mol. The van der Waals surface area contributed by atoms with Gasteiger partial charge in [0.2, 0.25) is 0 Å². The highest BCUT2D eigenvalue weighted by Crippen LogP contribution is 2.40. The van der Waals surface area contributed by atoms with Gasteiger partial charge in [0.25, 0.3) is 0 Å². The summed E-state index contributed by atoms with van der Waals surface area (Å²) in [5.41, 5.74) is 1.36. The van der Waals surface area contributed by atoms with Gasteiger partial charge in [-0.15, -0.1) is 0 Å². The predicted octanol–water partition coefficient (Wildman–Crippen LogP) is 5.17. The highest BCUT2D eigenvalue weighted by atomic mass is 35.5. The summed E-state index contributed by atoms with van der Waals surface area (Å²) in [5.74, 6) is -3.37. The topological polar surface area (TPSA) is 55.8 Å². The lowest BCUT2D eigenvalue weighted by molar-refractivity contribution is -0.141. The van der Waals surface area contributed by atoms with Gasteiger partial charge in [-0.05, 0) is 50.1 Å². The van der Waals surface area contributed by atoms with E-state index in [-0.39, 0.29) is 24.2 Å². The number of carboxylic acid groups (broad SMARTS) is 1. The smallest absolute Gasteiger partial charge is 0.306 e. The van der Waals surface area contributed by atoms with E-state index in [0.717, 1.165) is 17.7 Å². The number of aliphatic carboxylic acids is 1. The van der Waals surface area contributed by atoms with Crippen LogP contribution in [0.1, 0.15) is 37.5 Å². The molecule has 0 aliphatic carbocycles. The summed E-state index contributed by atoms with van der Waals surface area (Å²) >= 11 is 6.28. The molecule has 0 aromatic heterocycles. The Labute approximate surface area is 167 Å². The van der Waals surface area contributed by atoms with Crippen molar-refractivity contribution in [3.8, 4) is 11.5 Å². The van der Waals surface area contributed by atoms with Crippen molar-refractivity contribution in [2.24, 2.45) is 5.92 Å². The molecule has 2 aromatic carbocycles. The Hall–Kier alpha value is -2.34. The third-order valence-electron chi connectivity index (χ3n) is 4.70. The molecule has 1 N–H and O–H groups in total. The minimum absolute atomic E-state index is 0.0217. The molecule has 0 spiro atoms. The van der Waals surface area contributed by atoms with E-state index in [4.69, 9.17) is 26.2 Å². The van der Waals surface area contributed by atoms with E-state index >= 15 is 0 Å². The summed E-state index contributed by atoms with van der Waals surface area (Å²) in [6, 6.07) is 5.64. The zero-order valence-corrected chi connectivity index (χ0v) is 16.6. The standard InChI is InChI=1S/C21H21ClF2O4/c1-11(20(25)26)6-12-7-16(23)19(17(24)8-12)27-10-14-13-9-21(2,3)28-18(13)5-4-15(14)22/h4-5,7-8,11H,6,9-10H2,1-3H3,(H,25,26). The summed E-state index contributed by atoms with van der Waals surface area (Å²) in [4.78, 5) is 10.9. The van der Waals surface area contributed by atoms with E-state index in [0.29, 0.717) is 22.8 Å². The number of fused-ring (bicyclic) bond motifs is 1. The van der Waals surface area contributed by atoms with Crippen molar-refractivity contribution in [3.63, 3.8) is 0 Å². The lowest BCUT2D eigenvalue weighted by Gasteiger charge is -2.16. The van der Waals surface area contributed by atoms with E-state index in [2.05, 4.69) is 0 Å². The maximum absolute atomic E-state index is 14.4. The molecule has 0 amide bonds. The Morgan fingerprint density at radius 1 is 1.32 bits per heavy atom. The number of carbonyl (C=O) groups is 1. The van der Waals surface area contributed by atoms with Crippen molar-refractivity contribution in [3.05, 3.63) is 57.6 Å². The first kappa shape index (κ1) is 20.4. The molecule has 1 atom stereocenters. The number of rotatable bonds is 6. The highest BCUT2D eigenvalue weighted by molar-refractivity contribution is 6.31. The Bertz CT molecular complexity index is 904. The van der Waals surface area contributed by atoms with Crippen molar-refractivity contribution >= 4 is 17.6 Å². The average Bonchev–Trinajstić information content (AvgIpc) is 2.90. The molecule has 1 aliphatic rings. The van der Waals surface area contributed by atoms with Crippen LogP contribution in [0.3, 0.4) is 0 Å². The molecule has 4 nitrogen and oxygen atoms in total. The number of ether oxygens (including phenoxy) is 2. The van der Waals surface area contributed by atoms with Gasteiger partial charge in [0.15, 0.2) is 17.4 Å². The molecule has 0 saturated heterocycles. The number of benzene rings is 2. The lowest BCUT2D eigenvalue weighted by atomic mass is 9.97. The van der Waals surface area contributed by atoms with E-state index < -0.39 is 29.3 Å². The van der Waals surface area contributed by atoms with Crippen LogP contribution in [0.5, 0.6) is 11.5 Å². The quantitative estimate of drug-likeness (QED) is 0.713. The van der Waals surface area contributed by atoms with Gasteiger partial charge in [0, 0.05) is 22.6 Å². The van der Waals surface area contributed by atoms with Gasteiger partial charge in [-0.2, -0.15) is 0 Å². The number of carboxylic acids is 1. The molecule has 150 valence electrons. The summed E-state index contributed by atoms with van der Waals surface area (Å²) in [7, 11) is 0. The SMILES string of the molecule is CC(Cc1cc(F)c(OCc2c(Cl)ccc3c2CC(C)(C)O3)c(F)c1)C(=O)O.